The van der Waals surface area contributed by atoms with Gasteiger partial charge in [-0.15, -0.1) is 0 Å². The molecule has 0 aromatic heterocycles. The summed E-state index contributed by atoms with van der Waals surface area (Å²) in [5, 5.41) is 0. The van der Waals surface area contributed by atoms with Crippen LogP contribution in [0, 0.1) is 11.8 Å². The van der Waals surface area contributed by atoms with E-state index < -0.39 is 0 Å². The minimum absolute atomic E-state index is 0.973. The van der Waals surface area contributed by atoms with Gasteiger partial charge in [-0.1, -0.05) is 56.9 Å². The van der Waals surface area contributed by atoms with Gasteiger partial charge in [-0.3, -0.25) is 0 Å². The van der Waals surface area contributed by atoms with E-state index in [1.54, 1.807) is 5.56 Å². The molecule has 21 heavy (non-hydrogen) atoms. The highest BCUT2D eigenvalue weighted by Crippen LogP contribution is 2.31. The quantitative estimate of drug-likeness (QED) is 0.686. The highest BCUT2D eigenvalue weighted by molar-refractivity contribution is 5.23. The van der Waals surface area contributed by atoms with E-state index in [0.29, 0.717) is 0 Å². The summed E-state index contributed by atoms with van der Waals surface area (Å²) in [4.78, 5) is 2.27. The van der Waals surface area contributed by atoms with E-state index in [9.17, 15) is 0 Å². The zero-order valence-electron chi connectivity index (χ0n) is 14.3. The predicted octanol–water partition coefficient (Wildman–Crippen LogP) is 4.94. The van der Waals surface area contributed by atoms with Gasteiger partial charge in [0, 0.05) is 0 Å². The van der Waals surface area contributed by atoms with Crippen molar-refractivity contribution < 1.29 is 0 Å². The lowest BCUT2D eigenvalue weighted by atomic mass is 9.80. The van der Waals surface area contributed by atoms with Crippen molar-refractivity contribution in [2.75, 3.05) is 20.6 Å². The average Bonchev–Trinajstić information content (AvgIpc) is 2.47. The minimum Gasteiger partial charge on any atom is -0.309 e. The molecule has 118 valence electrons. The van der Waals surface area contributed by atoms with Gasteiger partial charge >= 0.3 is 0 Å². The van der Waals surface area contributed by atoms with Gasteiger partial charge in [0.1, 0.15) is 0 Å². The molecule has 1 aliphatic carbocycles. The van der Waals surface area contributed by atoms with E-state index in [1.807, 2.05) is 0 Å². The Morgan fingerprint density at radius 2 is 1.67 bits per heavy atom. The molecule has 0 spiro atoms. The molecule has 1 heteroatoms. The number of benzene rings is 1. The molecule has 0 N–H and O–H groups in total. The van der Waals surface area contributed by atoms with Crippen molar-refractivity contribution >= 4 is 0 Å². The van der Waals surface area contributed by atoms with Crippen LogP contribution in [0.15, 0.2) is 24.3 Å². The monoisotopic (exact) mass is 287 g/mol. The van der Waals surface area contributed by atoms with Crippen molar-refractivity contribution in [1.82, 2.24) is 4.90 Å². The van der Waals surface area contributed by atoms with Gasteiger partial charge < -0.3 is 4.90 Å². The van der Waals surface area contributed by atoms with Crippen LogP contribution in [0.5, 0.6) is 0 Å². The molecule has 1 aromatic rings. The van der Waals surface area contributed by atoms with E-state index in [0.717, 1.165) is 11.8 Å². The molecular formula is C20H33N. The molecule has 0 amide bonds. The van der Waals surface area contributed by atoms with Gasteiger partial charge in [0.2, 0.25) is 0 Å². The minimum atomic E-state index is 0.973. The molecule has 1 nitrogen and oxygen atoms in total. The van der Waals surface area contributed by atoms with Gasteiger partial charge in [-0.2, -0.15) is 0 Å². The van der Waals surface area contributed by atoms with Crippen molar-refractivity contribution in [3.8, 4) is 0 Å². The number of rotatable bonds is 7. The molecule has 1 saturated carbocycles. The number of nitrogens with zero attached hydrogens (tertiary/aromatic N) is 1. The van der Waals surface area contributed by atoms with Crippen LogP contribution in [-0.2, 0) is 12.8 Å². The number of aryl methyl sites for hydroxylation is 2. The lowest BCUT2D eigenvalue weighted by Crippen LogP contribution is -2.13. The van der Waals surface area contributed by atoms with Crippen molar-refractivity contribution in [2.45, 2.75) is 58.3 Å². The summed E-state index contributed by atoms with van der Waals surface area (Å²) in [6, 6.07) is 9.31. The first kappa shape index (κ1) is 16.5. The summed E-state index contributed by atoms with van der Waals surface area (Å²) in [6.07, 6.45) is 11.0. The summed E-state index contributed by atoms with van der Waals surface area (Å²) in [5.41, 5.74) is 3.07. The highest BCUT2D eigenvalue weighted by atomic mass is 15.0. The van der Waals surface area contributed by atoms with Crippen molar-refractivity contribution in [1.29, 1.82) is 0 Å². The van der Waals surface area contributed by atoms with E-state index in [-0.39, 0.29) is 0 Å². The first-order chi connectivity index (χ1) is 10.1. The second kappa shape index (κ2) is 8.58. The summed E-state index contributed by atoms with van der Waals surface area (Å²) >= 11 is 0. The van der Waals surface area contributed by atoms with Crippen molar-refractivity contribution in [3.63, 3.8) is 0 Å². The number of hydrogen-bond donors (Lipinski definition) is 0. The van der Waals surface area contributed by atoms with Crippen LogP contribution in [0.25, 0.3) is 0 Å². The van der Waals surface area contributed by atoms with Crippen LogP contribution in [0.3, 0.4) is 0 Å². The Morgan fingerprint density at radius 1 is 1.00 bits per heavy atom. The van der Waals surface area contributed by atoms with Crippen LogP contribution in [-0.4, -0.2) is 25.5 Å². The zero-order valence-corrected chi connectivity index (χ0v) is 14.3. The molecule has 0 atom stereocenters. The van der Waals surface area contributed by atoms with Crippen LogP contribution < -0.4 is 0 Å². The Morgan fingerprint density at radius 3 is 2.33 bits per heavy atom. The molecule has 1 fully saturated rings. The van der Waals surface area contributed by atoms with Gasteiger partial charge in [-0.25, -0.2) is 0 Å². The van der Waals surface area contributed by atoms with Gasteiger partial charge in [0.25, 0.3) is 0 Å². The van der Waals surface area contributed by atoms with E-state index >= 15 is 0 Å². The fourth-order valence-corrected chi connectivity index (χ4v) is 3.53. The van der Waals surface area contributed by atoms with Crippen LogP contribution in [0.2, 0.25) is 0 Å². The standard InChI is InChI=1S/C20H33N/c1-17-9-11-18(12-10-17)13-14-20-7-4-6-19(16-20)8-5-15-21(2)3/h4,6-7,16-18H,5,8-15H2,1-3H3. The first-order valence-corrected chi connectivity index (χ1v) is 8.86. The molecule has 0 heterocycles. The lowest BCUT2D eigenvalue weighted by molar-refractivity contribution is 0.278. The first-order valence-electron chi connectivity index (χ1n) is 8.86. The predicted molar refractivity (Wildman–Crippen MR) is 92.8 cm³/mol. The van der Waals surface area contributed by atoms with Crippen LogP contribution in [0.4, 0.5) is 0 Å². The van der Waals surface area contributed by atoms with Crippen molar-refractivity contribution in [2.24, 2.45) is 11.8 Å². The van der Waals surface area contributed by atoms with Gasteiger partial charge in [0.05, 0.1) is 0 Å². The summed E-state index contributed by atoms with van der Waals surface area (Å²) in [6.45, 7) is 3.60. The molecule has 0 saturated heterocycles. The molecule has 0 aliphatic heterocycles. The fraction of sp³-hybridized carbons (Fsp3) is 0.700. The second-order valence-electron chi connectivity index (χ2n) is 7.39. The maximum atomic E-state index is 2.45. The Hall–Kier alpha value is -0.820. The molecule has 0 unspecified atom stereocenters. The molecule has 0 bridgehead atoms. The average molecular weight is 287 g/mol. The third kappa shape index (κ3) is 6.22. The Kier molecular flexibility index (Phi) is 6.76. The van der Waals surface area contributed by atoms with Crippen molar-refractivity contribution in [3.05, 3.63) is 35.4 Å². The highest BCUT2D eigenvalue weighted by Gasteiger charge is 2.17. The Bertz CT molecular complexity index is 402. The Labute approximate surface area is 131 Å². The summed E-state index contributed by atoms with van der Waals surface area (Å²) < 4.78 is 0. The van der Waals surface area contributed by atoms with E-state index in [1.165, 1.54) is 63.5 Å². The van der Waals surface area contributed by atoms with Gasteiger partial charge in [0.15, 0.2) is 0 Å². The van der Waals surface area contributed by atoms with Crippen LogP contribution in [0.1, 0.15) is 56.6 Å². The summed E-state index contributed by atoms with van der Waals surface area (Å²) in [7, 11) is 4.31. The zero-order chi connectivity index (χ0) is 15.1. The third-order valence-electron chi connectivity index (χ3n) is 5.04. The molecule has 1 aromatic carbocycles. The topological polar surface area (TPSA) is 3.24 Å². The lowest BCUT2D eigenvalue weighted by Gasteiger charge is -2.26. The molecule has 0 radical (unpaired) electrons. The molecule has 1 aliphatic rings. The SMILES string of the molecule is CC1CCC(CCc2cccc(CCCN(C)C)c2)CC1. The maximum Gasteiger partial charge on any atom is -0.00217 e. The second-order valence-corrected chi connectivity index (χ2v) is 7.39. The van der Waals surface area contributed by atoms with E-state index in [2.05, 4.69) is 50.2 Å². The maximum absolute atomic E-state index is 2.45. The number of hydrogen-bond acceptors (Lipinski definition) is 1. The molecule has 2 rings (SSSR count). The summed E-state index contributed by atoms with van der Waals surface area (Å²) in [5.74, 6) is 1.96. The van der Waals surface area contributed by atoms with Crippen LogP contribution >= 0.6 is 0 Å². The fourth-order valence-electron chi connectivity index (χ4n) is 3.53. The smallest absolute Gasteiger partial charge is 0.00217 e. The van der Waals surface area contributed by atoms with E-state index in [4.69, 9.17) is 0 Å². The molecular weight excluding hydrogens is 254 g/mol. The third-order valence-corrected chi connectivity index (χ3v) is 5.04. The largest absolute Gasteiger partial charge is 0.309 e. The van der Waals surface area contributed by atoms with Gasteiger partial charge in [-0.05, 0) is 69.3 Å². The Balaban J connectivity index is 1.75. The normalized spacial score (nSPS) is 22.7.